The van der Waals surface area contributed by atoms with Gasteiger partial charge in [0.2, 0.25) is 0 Å². The molecule has 1 rings (SSSR count). The van der Waals surface area contributed by atoms with Crippen LogP contribution in [0.15, 0.2) is 0 Å². The van der Waals surface area contributed by atoms with Crippen molar-refractivity contribution in [3.63, 3.8) is 0 Å². The molecule has 0 radical (unpaired) electrons. The Morgan fingerprint density at radius 3 is 2.30 bits per heavy atom. The summed E-state index contributed by atoms with van der Waals surface area (Å²) in [7, 11) is 0. The summed E-state index contributed by atoms with van der Waals surface area (Å²) in [5.74, 6) is 0.856. The number of hydrogen-bond donors (Lipinski definition) is 0. The van der Waals surface area contributed by atoms with Crippen LogP contribution in [0.4, 0.5) is 0 Å². The molecule has 1 heteroatoms. The summed E-state index contributed by atoms with van der Waals surface area (Å²) in [6.07, 6.45) is 2.62. The third kappa shape index (κ3) is 1.98. The molecule has 0 amide bonds. The first kappa shape index (κ1) is 8.06. The van der Waals surface area contributed by atoms with Crippen molar-refractivity contribution in [3.05, 3.63) is 0 Å². The zero-order chi connectivity index (χ0) is 7.61. The standard InChI is InChI=1S/C9H18O/c1-4-9(2,3)5-8-6-10-7-8/h8H,4-7H2,1-3H3. The van der Waals surface area contributed by atoms with E-state index in [-0.39, 0.29) is 0 Å². The summed E-state index contributed by atoms with van der Waals surface area (Å²) in [6, 6.07) is 0. The van der Waals surface area contributed by atoms with Crippen molar-refractivity contribution < 1.29 is 4.74 Å². The molecular weight excluding hydrogens is 124 g/mol. The maximum Gasteiger partial charge on any atom is 0.0516 e. The molecule has 0 N–H and O–H groups in total. The van der Waals surface area contributed by atoms with Gasteiger partial charge in [-0.1, -0.05) is 27.2 Å². The lowest BCUT2D eigenvalue weighted by Gasteiger charge is -2.33. The van der Waals surface area contributed by atoms with Gasteiger partial charge in [-0.05, 0) is 11.8 Å². The smallest absolute Gasteiger partial charge is 0.0516 e. The molecule has 0 atom stereocenters. The van der Waals surface area contributed by atoms with Crippen LogP contribution in [0.5, 0.6) is 0 Å². The van der Waals surface area contributed by atoms with E-state index < -0.39 is 0 Å². The van der Waals surface area contributed by atoms with Crippen molar-refractivity contribution in [2.45, 2.75) is 33.6 Å². The largest absolute Gasteiger partial charge is 0.381 e. The quantitative estimate of drug-likeness (QED) is 0.588. The summed E-state index contributed by atoms with van der Waals surface area (Å²) in [5, 5.41) is 0. The van der Waals surface area contributed by atoms with E-state index in [1.165, 1.54) is 12.8 Å². The van der Waals surface area contributed by atoms with Crippen LogP contribution < -0.4 is 0 Å². The zero-order valence-electron chi connectivity index (χ0n) is 7.31. The molecule has 0 aromatic heterocycles. The van der Waals surface area contributed by atoms with Gasteiger partial charge in [-0.25, -0.2) is 0 Å². The predicted molar refractivity (Wildman–Crippen MR) is 43.0 cm³/mol. The monoisotopic (exact) mass is 142 g/mol. The third-order valence-corrected chi connectivity index (χ3v) is 2.51. The lowest BCUT2D eigenvalue weighted by molar-refractivity contribution is -0.0509. The molecular formula is C9H18O. The molecule has 10 heavy (non-hydrogen) atoms. The highest BCUT2D eigenvalue weighted by molar-refractivity contribution is 4.75. The Morgan fingerprint density at radius 2 is 2.00 bits per heavy atom. The molecule has 1 nitrogen and oxygen atoms in total. The molecule has 0 spiro atoms. The summed E-state index contributed by atoms with van der Waals surface area (Å²) < 4.78 is 5.13. The highest BCUT2D eigenvalue weighted by Crippen LogP contribution is 2.31. The molecule has 60 valence electrons. The van der Waals surface area contributed by atoms with E-state index in [0.29, 0.717) is 5.41 Å². The van der Waals surface area contributed by atoms with E-state index in [1.54, 1.807) is 0 Å². The topological polar surface area (TPSA) is 9.23 Å². The summed E-state index contributed by atoms with van der Waals surface area (Å²) in [6.45, 7) is 8.95. The fraction of sp³-hybridized carbons (Fsp3) is 1.00. The lowest BCUT2D eigenvalue weighted by Crippen LogP contribution is -2.31. The fourth-order valence-corrected chi connectivity index (χ4v) is 1.33. The van der Waals surface area contributed by atoms with Gasteiger partial charge in [-0.2, -0.15) is 0 Å². The first-order valence-corrected chi connectivity index (χ1v) is 4.22. The highest BCUT2D eigenvalue weighted by Gasteiger charge is 2.26. The molecule has 1 heterocycles. The molecule has 0 aromatic rings. The molecule has 0 aliphatic carbocycles. The lowest BCUT2D eigenvalue weighted by atomic mass is 9.80. The molecule has 0 bridgehead atoms. The molecule has 0 unspecified atom stereocenters. The van der Waals surface area contributed by atoms with Crippen molar-refractivity contribution >= 4 is 0 Å². The SMILES string of the molecule is CCC(C)(C)CC1COC1. The third-order valence-electron chi connectivity index (χ3n) is 2.51. The average molecular weight is 142 g/mol. The normalized spacial score (nSPS) is 20.7. The maximum atomic E-state index is 5.13. The Labute approximate surface area is 63.8 Å². The summed E-state index contributed by atoms with van der Waals surface area (Å²) in [4.78, 5) is 0. The Kier molecular flexibility index (Phi) is 2.35. The Hall–Kier alpha value is -0.0400. The Balaban J connectivity index is 2.21. The minimum atomic E-state index is 0.536. The Bertz CT molecular complexity index is 103. The molecule has 1 aliphatic heterocycles. The van der Waals surface area contributed by atoms with Crippen molar-refractivity contribution in [2.24, 2.45) is 11.3 Å². The van der Waals surface area contributed by atoms with Gasteiger partial charge < -0.3 is 4.74 Å². The van der Waals surface area contributed by atoms with Crippen LogP contribution in [-0.4, -0.2) is 13.2 Å². The fourth-order valence-electron chi connectivity index (χ4n) is 1.33. The molecule has 1 aliphatic rings. The van der Waals surface area contributed by atoms with E-state index in [1.807, 2.05) is 0 Å². The summed E-state index contributed by atoms with van der Waals surface area (Å²) in [5.41, 5.74) is 0.536. The minimum absolute atomic E-state index is 0.536. The highest BCUT2D eigenvalue weighted by atomic mass is 16.5. The van der Waals surface area contributed by atoms with Crippen molar-refractivity contribution in [2.75, 3.05) is 13.2 Å². The molecule has 1 fully saturated rings. The van der Waals surface area contributed by atoms with Crippen LogP contribution in [0.1, 0.15) is 33.6 Å². The number of ether oxygens (including phenoxy) is 1. The second-order valence-corrected chi connectivity index (χ2v) is 4.13. The van der Waals surface area contributed by atoms with Gasteiger partial charge in [0.1, 0.15) is 0 Å². The number of rotatable bonds is 3. The van der Waals surface area contributed by atoms with Crippen LogP contribution >= 0.6 is 0 Å². The second-order valence-electron chi connectivity index (χ2n) is 4.13. The van der Waals surface area contributed by atoms with Gasteiger partial charge in [0, 0.05) is 5.92 Å². The maximum absolute atomic E-state index is 5.13. The van der Waals surface area contributed by atoms with Gasteiger partial charge in [-0.3, -0.25) is 0 Å². The van der Waals surface area contributed by atoms with Crippen molar-refractivity contribution in [3.8, 4) is 0 Å². The van der Waals surface area contributed by atoms with Crippen LogP contribution in [0.2, 0.25) is 0 Å². The first-order valence-electron chi connectivity index (χ1n) is 4.22. The molecule has 1 saturated heterocycles. The van der Waals surface area contributed by atoms with Gasteiger partial charge in [0.05, 0.1) is 13.2 Å². The van der Waals surface area contributed by atoms with Gasteiger partial charge in [-0.15, -0.1) is 0 Å². The first-order chi connectivity index (χ1) is 4.64. The molecule has 0 aromatic carbocycles. The van der Waals surface area contributed by atoms with Gasteiger partial charge in [0.15, 0.2) is 0 Å². The van der Waals surface area contributed by atoms with E-state index in [9.17, 15) is 0 Å². The minimum Gasteiger partial charge on any atom is -0.381 e. The van der Waals surface area contributed by atoms with E-state index in [4.69, 9.17) is 4.74 Å². The van der Waals surface area contributed by atoms with Crippen molar-refractivity contribution in [1.82, 2.24) is 0 Å². The number of hydrogen-bond acceptors (Lipinski definition) is 1. The van der Waals surface area contributed by atoms with E-state index >= 15 is 0 Å². The van der Waals surface area contributed by atoms with Crippen LogP contribution in [0, 0.1) is 11.3 Å². The second kappa shape index (κ2) is 2.91. The van der Waals surface area contributed by atoms with E-state index in [2.05, 4.69) is 20.8 Å². The van der Waals surface area contributed by atoms with Crippen LogP contribution in [0.25, 0.3) is 0 Å². The predicted octanol–water partition coefficient (Wildman–Crippen LogP) is 2.46. The van der Waals surface area contributed by atoms with Crippen molar-refractivity contribution in [1.29, 1.82) is 0 Å². The van der Waals surface area contributed by atoms with Crippen LogP contribution in [-0.2, 0) is 4.74 Å². The van der Waals surface area contributed by atoms with Gasteiger partial charge in [0.25, 0.3) is 0 Å². The zero-order valence-corrected chi connectivity index (χ0v) is 7.31. The van der Waals surface area contributed by atoms with Crippen LogP contribution in [0.3, 0.4) is 0 Å². The average Bonchev–Trinajstić information content (AvgIpc) is 1.80. The summed E-state index contributed by atoms with van der Waals surface area (Å²) >= 11 is 0. The Morgan fingerprint density at radius 1 is 1.40 bits per heavy atom. The van der Waals surface area contributed by atoms with Gasteiger partial charge >= 0.3 is 0 Å². The molecule has 0 saturated carbocycles. The van der Waals surface area contributed by atoms with E-state index in [0.717, 1.165) is 19.1 Å².